The van der Waals surface area contributed by atoms with Crippen molar-refractivity contribution in [3.8, 4) is 11.5 Å². The normalized spacial score (nSPS) is 11.7. The van der Waals surface area contributed by atoms with E-state index in [-0.39, 0.29) is 23.6 Å². The van der Waals surface area contributed by atoms with Crippen molar-refractivity contribution in [2.24, 2.45) is 0 Å². The average molecular weight is 358 g/mol. The maximum absolute atomic E-state index is 14.5. The van der Waals surface area contributed by atoms with Gasteiger partial charge in [-0.3, -0.25) is 9.59 Å². The van der Waals surface area contributed by atoms with Crippen LogP contribution in [0.25, 0.3) is 0 Å². The molecule has 0 radical (unpaired) electrons. The summed E-state index contributed by atoms with van der Waals surface area (Å²) in [5.41, 5.74) is 0.695. The Balaban J connectivity index is 2.29. The van der Waals surface area contributed by atoms with E-state index in [2.05, 4.69) is 0 Å². The van der Waals surface area contributed by atoms with Gasteiger partial charge in [-0.2, -0.15) is 0 Å². The Kier molecular flexibility index (Phi) is 6.89. The molecule has 5 heteroatoms. The highest BCUT2D eigenvalue weighted by molar-refractivity contribution is 6.00. The zero-order chi connectivity index (χ0) is 19.1. The molecule has 1 unspecified atom stereocenters. The van der Waals surface area contributed by atoms with Crippen molar-refractivity contribution in [3.63, 3.8) is 0 Å². The van der Waals surface area contributed by atoms with Crippen LogP contribution in [0.15, 0.2) is 42.5 Å². The van der Waals surface area contributed by atoms with Crippen molar-refractivity contribution in [3.05, 3.63) is 59.4 Å². The number of ether oxygens (including phenoxy) is 2. The van der Waals surface area contributed by atoms with E-state index in [9.17, 15) is 14.0 Å². The van der Waals surface area contributed by atoms with Gasteiger partial charge in [-0.15, -0.1) is 0 Å². The topological polar surface area (TPSA) is 52.6 Å². The van der Waals surface area contributed by atoms with Crippen molar-refractivity contribution in [1.82, 2.24) is 0 Å². The number of ketones is 2. The molecule has 0 aliphatic rings. The summed E-state index contributed by atoms with van der Waals surface area (Å²) in [4.78, 5) is 25.2. The molecule has 0 spiro atoms. The monoisotopic (exact) mass is 358 g/mol. The molecule has 0 fully saturated rings. The fourth-order valence-corrected chi connectivity index (χ4v) is 2.82. The largest absolute Gasteiger partial charge is 0.497 e. The van der Waals surface area contributed by atoms with Crippen LogP contribution in [0, 0.1) is 5.82 Å². The van der Waals surface area contributed by atoms with E-state index in [1.165, 1.54) is 19.2 Å². The van der Waals surface area contributed by atoms with Crippen LogP contribution >= 0.6 is 0 Å². The van der Waals surface area contributed by atoms with Crippen LogP contribution in [0.3, 0.4) is 0 Å². The third-order valence-corrected chi connectivity index (χ3v) is 4.27. The molecule has 0 aliphatic carbocycles. The van der Waals surface area contributed by atoms with Gasteiger partial charge >= 0.3 is 0 Å². The first kappa shape index (κ1) is 19.6. The summed E-state index contributed by atoms with van der Waals surface area (Å²) in [6.45, 7) is 1.88. The molecule has 2 aromatic carbocycles. The first-order chi connectivity index (χ1) is 12.5. The lowest BCUT2D eigenvalue weighted by Gasteiger charge is -2.17. The van der Waals surface area contributed by atoms with Crippen molar-refractivity contribution in [2.45, 2.75) is 32.1 Å². The number of benzene rings is 2. The smallest absolute Gasteiger partial charge is 0.163 e. The summed E-state index contributed by atoms with van der Waals surface area (Å²) in [5, 5.41) is 0. The molecule has 0 aliphatic heterocycles. The molecule has 0 bridgehead atoms. The van der Waals surface area contributed by atoms with Crippen LogP contribution in [0.5, 0.6) is 11.5 Å². The van der Waals surface area contributed by atoms with Gasteiger partial charge in [0.2, 0.25) is 0 Å². The number of hydrogen-bond donors (Lipinski definition) is 0. The number of carbonyl (C=O) groups is 2. The van der Waals surface area contributed by atoms with E-state index in [0.717, 1.165) is 0 Å². The van der Waals surface area contributed by atoms with E-state index in [1.54, 1.807) is 37.4 Å². The molecule has 0 aromatic heterocycles. The highest BCUT2D eigenvalue weighted by Crippen LogP contribution is 2.29. The van der Waals surface area contributed by atoms with Gasteiger partial charge in [0.05, 0.1) is 20.1 Å². The summed E-state index contributed by atoms with van der Waals surface area (Å²) in [6, 6.07) is 11.0. The Morgan fingerprint density at radius 3 is 2.15 bits per heavy atom. The first-order valence-corrected chi connectivity index (χ1v) is 8.53. The quantitative estimate of drug-likeness (QED) is 0.616. The molecule has 4 nitrogen and oxygen atoms in total. The van der Waals surface area contributed by atoms with Crippen molar-refractivity contribution in [2.75, 3.05) is 14.2 Å². The van der Waals surface area contributed by atoms with Crippen molar-refractivity contribution >= 4 is 11.6 Å². The molecule has 2 rings (SSSR count). The zero-order valence-electron chi connectivity index (χ0n) is 15.3. The standard InChI is InChI=1S/C21H23FO4/c1-4-5-20(23)18(17-11-10-16(26-3)12-19(17)22)13-21(24)14-6-8-15(25-2)9-7-14/h6-12,18H,4-5,13H2,1-3H3. The van der Waals surface area contributed by atoms with Gasteiger partial charge in [-0.1, -0.05) is 13.0 Å². The zero-order valence-corrected chi connectivity index (χ0v) is 15.3. The van der Waals surface area contributed by atoms with E-state index in [4.69, 9.17) is 9.47 Å². The molecule has 0 N–H and O–H groups in total. The van der Waals surface area contributed by atoms with Gasteiger partial charge in [-0.25, -0.2) is 4.39 Å². The Hall–Kier alpha value is -2.69. The number of rotatable bonds is 9. The van der Waals surface area contributed by atoms with Crippen LogP contribution in [0.2, 0.25) is 0 Å². The second-order valence-electron chi connectivity index (χ2n) is 6.01. The molecule has 0 amide bonds. The van der Waals surface area contributed by atoms with E-state index in [0.29, 0.717) is 29.9 Å². The minimum atomic E-state index is -0.810. The number of carbonyl (C=O) groups excluding carboxylic acids is 2. The lowest BCUT2D eigenvalue weighted by atomic mass is 9.86. The van der Waals surface area contributed by atoms with E-state index in [1.807, 2.05) is 6.92 Å². The Bertz CT molecular complexity index is 768. The minimum Gasteiger partial charge on any atom is -0.497 e. The highest BCUT2D eigenvalue weighted by Gasteiger charge is 2.26. The van der Waals surface area contributed by atoms with Crippen LogP contribution in [0.1, 0.15) is 48.0 Å². The third kappa shape index (κ3) is 4.69. The maximum atomic E-state index is 14.5. The highest BCUT2D eigenvalue weighted by atomic mass is 19.1. The van der Waals surface area contributed by atoms with Gasteiger partial charge in [0.1, 0.15) is 23.1 Å². The predicted octanol–water partition coefficient (Wildman–Crippen LogP) is 4.57. The SMILES string of the molecule is CCCC(=O)C(CC(=O)c1ccc(OC)cc1)c1ccc(OC)cc1F. The first-order valence-electron chi connectivity index (χ1n) is 8.53. The van der Waals surface area contributed by atoms with Gasteiger partial charge in [-0.05, 0) is 42.3 Å². The van der Waals surface area contributed by atoms with Gasteiger partial charge in [0.15, 0.2) is 5.78 Å². The van der Waals surface area contributed by atoms with Crippen LogP contribution in [0.4, 0.5) is 4.39 Å². The molecular weight excluding hydrogens is 335 g/mol. The van der Waals surface area contributed by atoms with Crippen molar-refractivity contribution in [1.29, 1.82) is 0 Å². The fraction of sp³-hybridized carbons (Fsp3) is 0.333. The lowest BCUT2D eigenvalue weighted by molar-refractivity contribution is -0.120. The summed E-state index contributed by atoms with van der Waals surface area (Å²) in [5.74, 6) is -0.691. The maximum Gasteiger partial charge on any atom is 0.163 e. The number of Topliss-reactive ketones (excluding diaryl/α,β-unsaturated/α-hetero) is 2. The minimum absolute atomic E-state index is 0.0750. The summed E-state index contributed by atoms with van der Waals surface area (Å²) < 4.78 is 24.6. The van der Waals surface area contributed by atoms with E-state index < -0.39 is 11.7 Å². The molecule has 2 aromatic rings. The molecule has 0 heterocycles. The summed E-state index contributed by atoms with van der Waals surface area (Å²) >= 11 is 0. The molecule has 0 saturated carbocycles. The molecule has 1 atom stereocenters. The Labute approximate surface area is 152 Å². The molecule has 138 valence electrons. The number of halogens is 1. The van der Waals surface area contributed by atoms with Gasteiger partial charge < -0.3 is 9.47 Å². The lowest BCUT2D eigenvalue weighted by Crippen LogP contribution is -2.18. The predicted molar refractivity (Wildman–Crippen MR) is 97.5 cm³/mol. The summed E-state index contributed by atoms with van der Waals surface area (Å²) in [7, 11) is 2.99. The fourth-order valence-electron chi connectivity index (χ4n) is 2.82. The van der Waals surface area contributed by atoms with Crippen LogP contribution in [-0.4, -0.2) is 25.8 Å². The molecule has 0 saturated heterocycles. The van der Waals surface area contributed by atoms with Crippen molar-refractivity contribution < 1.29 is 23.5 Å². The van der Waals surface area contributed by atoms with Crippen LogP contribution in [-0.2, 0) is 4.79 Å². The summed E-state index contributed by atoms with van der Waals surface area (Å²) in [6.07, 6.45) is 0.865. The number of methoxy groups -OCH3 is 2. The second-order valence-corrected chi connectivity index (χ2v) is 6.01. The molecule has 26 heavy (non-hydrogen) atoms. The molecular formula is C21H23FO4. The van der Waals surface area contributed by atoms with Gasteiger partial charge in [0.25, 0.3) is 0 Å². The van der Waals surface area contributed by atoms with Crippen LogP contribution < -0.4 is 9.47 Å². The van der Waals surface area contributed by atoms with E-state index >= 15 is 0 Å². The Morgan fingerprint density at radius 1 is 1.00 bits per heavy atom. The average Bonchev–Trinajstić information content (AvgIpc) is 2.66. The third-order valence-electron chi connectivity index (χ3n) is 4.27. The Morgan fingerprint density at radius 2 is 1.62 bits per heavy atom. The van der Waals surface area contributed by atoms with Gasteiger partial charge in [0, 0.05) is 24.5 Å². The second kappa shape index (κ2) is 9.13. The number of hydrogen-bond acceptors (Lipinski definition) is 4.